The molecule has 2 aromatic rings. The number of carbonyl (C=O) groups is 1. The number of anilines is 1. The Morgan fingerprint density at radius 2 is 2.27 bits per heavy atom. The first-order chi connectivity index (χ1) is 10.6. The molecule has 0 aliphatic carbocycles. The SMILES string of the molecule is O=C(O)N(CC1CCOCC1)c1cc(Cl)nc2c(Br)cnn12. The smallest absolute Gasteiger partial charge is 0.413 e. The normalized spacial score (nSPS) is 16.1. The van der Waals surface area contributed by atoms with Crippen LogP contribution < -0.4 is 4.90 Å². The van der Waals surface area contributed by atoms with Crippen LogP contribution in [0.1, 0.15) is 12.8 Å². The molecule has 9 heteroatoms. The van der Waals surface area contributed by atoms with Gasteiger partial charge in [-0.25, -0.2) is 9.78 Å². The minimum absolute atomic E-state index is 0.224. The lowest BCUT2D eigenvalue weighted by Gasteiger charge is -2.28. The Balaban J connectivity index is 1.99. The van der Waals surface area contributed by atoms with E-state index in [1.807, 2.05) is 0 Å². The Kier molecular flexibility index (Phi) is 4.51. The molecule has 1 aliphatic rings. The highest BCUT2D eigenvalue weighted by Crippen LogP contribution is 2.27. The summed E-state index contributed by atoms with van der Waals surface area (Å²) >= 11 is 9.36. The molecule has 1 aliphatic heterocycles. The van der Waals surface area contributed by atoms with Crippen molar-refractivity contribution in [1.29, 1.82) is 0 Å². The number of amides is 1. The van der Waals surface area contributed by atoms with Crippen LogP contribution in [0.4, 0.5) is 10.6 Å². The fourth-order valence-corrected chi connectivity index (χ4v) is 3.07. The van der Waals surface area contributed by atoms with E-state index in [9.17, 15) is 9.90 Å². The third kappa shape index (κ3) is 3.04. The van der Waals surface area contributed by atoms with E-state index in [1.165, 1.54) is 15.5 Å². The van der Waals surface area contributed by atoms with E-state index in [0.717, 1.165) is 12.8 Å². The number of ether oxygens (including phenoxy) is 1. The molecule has 1 amide bonds. The van der Waals surface area contributed by atoms with Gasteiger partial charge in [-0.05, 0) is 34.7 Å². The van der Waals surface area contributed by atoms with Gasteiger partial charge in [0.25, 0.3) is 0 Å². The first kappa shape index (κ1) is 15.5. The lowest BCUT2D eigenvalue weighted by atomic mass is 10.00. The summed E-state index contributed by atoms with van der Waals surface area (Å²) in [6.07, 6.45) is 2.21. The van der Waals surface area contributed by atoms with E-state index in [2.05, 4.69) is 26.0 Å². The van der Waals surface area contributed by atoms with Crippen molar-refractivity contribution < 1.29 is 14.6 Å². The molecule has 0 bridgehead atoms. The molecule has 118 valence electrons. The molecule has 0 saturated carbocycles. The van der Waals surface area contributed by atoms with Crippen molar-refractivity contribution in [2.45, 2.75) is 12.8 Å². The maximum atomic E-state index is 11.7. The number of halogens is 2. The average Bonchev–Trinajstić information content (AvgIpc) is 2.86. The lowest BCUT2D eigenvalue weighted by molar-refractivity contribution is 0.0680. The summed E-state index contributed by atoms with van der Waals surface area (Å²) in [6, 6.07) is 1.52. The van der Waals surface area contributed by atoms with E-state index < -0.39 is 6.09 Å². The van der Waals surface area contributed by atoms with Crippen molar-refractivity contribution in [3.8, 4) is 0 Å². The molecule has 0 atom stereocenters. The Morgan fingerprint density at radius 3 is 2.95 bits per heavy atom. The zero-order valence-electron chi connectivity index (χ0n) is 11.6. The van der Waals surface area contributed by atoms with E-state index >= 15 is 0 Å². The second-order valence-electron chi connectivity index (χ2n) is 5.11. The topological polar surface area (TPSA) is 80.0 Å². The number of hydrogen-bond acceptors (Lipinski definition) is 4. The second-order valence-corrected chi connectivity index (χ2v) is 6.36. The van der Waals surface area contributed by atoms with Crippen LogP contribution in [0.15, 0.2) is 16.7 Å². The highest BCUT2D eigenvalue weighted by molar-refractivity contribution is 9.10. The number of nitrogens with zero attached hydrogens (tertiary/aromatic N) is 4. The van der Waals surface area contributed by atoms with Gasteiger partial charge in [-0.1, -0.05) is 11.6 Å². The van der Waals surface area contributed by atoms with Gasteiger partial charge in [-0.2, -0.15) is 9.61 Å². The quantitative estimate of drug-likeness (QED) is 0.816. The molecule has 3 heterocycles. The van der Waals surface area contributed by atoms with Gasteiger partial charge in [0, 0.05) is 25.8 Å². The predicted molar refractivity (Wildman–Crippen MR) is 84.6 cm³/mol. The molecule has 0 spiro atoms. The van der Waals surface area contributed by atoms with E-state index in [0.29, 0.717) is 35.7 Å². The molecule has 0 aromatic carbocycles. The van der Waals surface area contributed by atoms with Gasteiger partial charge >= 0.3 is 6.09 Å². The van der Waals surface area contributed by atoms with Crippen LogP contribution in [0.2, 0.25) is 5.15 Å². The van der Waals surface area contributed by atoms with Crippen LogP contribution in [0.3, 0.4) is 0 Å². The predicted octanol–water partition coefficient (Wildman–Crippen LogP) is 3.06. The second kappa shape index (κ2) is 6.39. The largest absolute Gasteiger partial charge is 0.465 e. The maximum Gasteiger partial charge on any atom is 0.413 e. The summed E-state index contributed by atoms with van der Waals surface area (Å²) in [5.41, 5.74) is 0.487. The molecule has 0 unspecified atom stereocenters. The molecule has 22 heavy (non-hydrogen) atoms. The van der Waals surface area contributed by atoms with Gasteiger partial charge in [0.15, 0.2) is 5.65 Å². The molecule has 2 aromatic heterocycles. The summed E-state index contributed by atoms with van der Waals surface area (Å²) < 4.78 is 7.45. The molecular formula is C13H14BrClN4O3. The Morgan fingerprint density at radius 1 is 1.55 bits per heavy atom. The third-order valence-corrected chi connectivity index (χ3v) is 4.42. The summed E-state index contributed by atoms with van der Waals surface area (Å²) in [4.78, 5) is 17.2. The summed E-state index contributed by atoms with van der Waals surface area (Å²) in [5.74, 6) is 0.644. The Hall–Kier alpha value is -1.38. The van der Waals surface area contributed by atoms with Gasteiger partial charge in [0.05, 0.1) is 10.7 Å². The van der Waals surface area contributed by atoms with E-state index in [-0.39, 0.29) is 11.1 Å². The number of rotatable bonds is 3. The fraction of sp³-hybridized carbons (Fsp3) is 0.462. The van der Waals surface area contributed by atoms with Crippen LogP contribution in [0.5, 0.6) is 0 Å². The number of fused-ring (bicyclic) bond motifs is 1. The molecule has 3 rings (SSSR count). The van der Waals surface area contributed by atoms with Crippen molar-refractivity contribution in [2.24, 2.45) is 5.92 Å². The van der Waals surface area contributed by atoms with Crippen LogP contribution in [0.25, 0.3) is 5.65 Å². The van der Waals surface area contributed by atoms with Gasteiger partial charge in [-0.3, -0.25) is 4.90 Å². The van der Waals surface area contributed by atoms with E-state index in [4.69, 9.17) is 16.3 Å². The highest BCUT2D eigenvalue weighted by Gasteiger charge is 2.25. The van der Waals surface area contributed by atoms with Gasteiger partial charge in [0.1, 0.15) is 11.0 Å². The zero-order chi connectivity index (χ0) is 15.7. The van der Waals surface area contributed by atoms with Crippen molar-refractivity contribution in [2.75, 3.05) is 24.7 Å². The molecule has 1 saturated heterocycles. The minimum Gasteiger partial charge on any atom is -0.465 e. The first-order valence-electron chi connectivity index (χ1n) is 6.84. The summed E-state index contributed by atoms with van der Waals surface area (Å²) in [7, 11) is 0. The standard InChI is InChI=1S/C13H14BrClN4O3/c14-9-6-16-19-11(5-10(15)17-12(9)19)18(13(20)21)7-8-1-3-22-4-2-8/h5-6,8H,1-4,7H2,(H,20,21). The molecule has 0 radical (unpaired) electrons. The summed E-state index contributed by atoms with van der Waals surface area (Å²) in [5, 5.41) is 14.0. The minimum atomic E-state index is -1.04. The monoisotopic (exact) mass is 388 g/mol. The highest BCUT2D eigenvalue weighted by atomic mass is 79.9. The first-order valence-corrected chi connectivity index (χ1v) is 8.01. The van der Waals surface area contributed by atoms with Crippen molar-refractivity contribution in [3.63, 3.8) is 0 Å². The Bertz CT molecular complexity index is 702. The van der Waals surface area contributed by atoms with E-state index in [1.54, 1.807) is 6.20 Å². The van der Waals surface area contributed by atoms with Gasteiger partial charge in [-0.15, -0.1) is 0 Å². The average molecular weight is 390 g/mol. The number of hydrogen-bond donors (Lipinski definition) is 1. The van der Waals surface area contributed by atoms with Crippen molar-refractivity contribution in [1.82, 2.24) is 14.6 Å². The van der Waals surface area contributed by atoms with Gasteiger partial charge < -0.3 is 9.84 Å². The fourth-order valence-electron chi connectivity index (χ4n) is 2.54. The van der Waals surface area contributed by atoms with Crippen LogP contribution in [-0.4, -0.2) is 45.6 Å². The van der Waals surface area contributed by atoms with Crippen molar-refractivity contribution >= 4 is 45.1 Å². The van der Waals surface area contributed by atoms with Crippen LogP contribution in [0, 0.1) is 5.92 Å². The van der Waals surface area contributed by atoms with Crippen LogP contribution >= 0.6 is 27.5 Å². The lowest BCUT2D eigenvalue weighted by Crippen LogP contribution is -2.37. The number of carboxylic acid groups (broad SMARTS) is 1. The molecule has 1 N–H and O–H groups in total. The van der Waals surface area contributed by atoms with Crippen molar-refractivity contribution in [3.05, 3.63) is 21.9 Å². The molecular weight excluding hydrogens is 376 g/mol. The molecule has 1 fully saturated rings. The summed E-state index contributed by atoms with van der Waals surface area (Å²) in [6.45, 7) is 1.71. The third-order valence-electron chi connectivity index (χ3n) is 3.67. The number of aromatic nitrogens is 3. The molecule has 7 nitrogen and oxygen atoms in total. The Labute approximate surface area is 140 Å². The maximum absolute atomic E-state index is 11.7. The van der Waals surface area contributed by atoms with Gasteiger partial charge in [0.2, 0.25) is 0 Å². The van der Waals surface area contributed by atoms with Crippen LogP contribution in [-0.2, 0) is 4.74 Å². The zero-order valence-corrected chi connectivity index (χ0v) is 13.9.